The van der Waals surface area contributed by atoms with Gasteiger partial charge < -0.3 is 5.32 Å². The predicted molar refractivity (Wildman–Crippen MR) is 85.2 cm³/mol. The van der Waals surface area contributed by atoms with Crippen molar-refractivity contribution in [3.8, 4) is 0 Å². The minimum absolute atomic E-state index is 0.451. The van der Waals surface area contributed by atoms with Crippen molar-refractivity contribution < 1.29 is 0 Å². The highest BCUT2D eigenvalue weighted by Gasteiger charge is 2.27. The SMILES string of the molecule is CCc1nn(C)cc1NC(c1cccs1)C1CCCC1. The molecule has 4 heteroatoms. The normalized spacial score (nSPS) is 17.5. The molecule has 0 saturated heterocycles. The monoisotopic (exact) mass is 289 g/mol. The van der Waals surface area contributed by atoms with Crippen LogP contribution < -0.4 is 5.32 Å². The van der Waals surface area contributed by atoms with Gasteiger partial charge in [0.1, 0.15) is 0 Å². The number of rotatable bonds is 5. The van der Waals surface area contributed by atoms with Crippen LogP contribution in [-0.2, 0) is 13.5 Å². The number of aryl methyl sites for hydroxylation is 2. The van der Waals surface area contributed by atoms with Gasteiger partial charge in [-0.05, 0) is 36.6 Å². The van der Waals surface area contributed by atoms with Crippen molar-refractivity contribution in [2.75, 3.05) is 5.32 Å². The Hall–Kier alpha value is -1.29. The molecular formula is C16H23N3S. The minimum atomic E-state index is 0.451. The molecule has 0 aliphatic heterocycles. The number of aromatic nitrogens is 2. The number of hydrogen-bond donors (Lipinski definition) is 1. The molecule has 108 valence electrons. The van der Waals surface area contributed by atoms with E-state index in [1.165, 1.54) is 41.9 Å². The maximum absolute atomic E-state index is 4.55. The highest BCUT2D eigenvalue weighted by molar-refractivity contribution is 7.10. The van der Waals surface area contributed by atoms with Crippen molar-refractivity contribution in [1.82, 2.24) is 9.78 Å². The van der Waals surface area contributed by atoms with Gasteiger partial charge in [-0.3, -0.25) is 4.68 Å². The van der Waals surface area contributed by atoms with Crippen molar-refractivity contribution in [2.45, 2.75) is 45.1 Å². The molecular weight excluding hydrogens is 266 g/mol. The molecule has 0 radical (unpaired) electrons. The number of thiophene rings is 1. The van der Waals surface area contributed by atoms with Gasteiger partial charge >= 0.3 is 0 Å². The second kappa shape index (κ2) is 6.00. The van der Waals surface area contributed by atoms with Crippen LogP contribution in [0, 0.1) is 5.92 Å². The summed E-state index contributed by atoms with van der Waals surface area (Å²) in [5.74, 6) is 0.763. The second-order valence-electron chi connectivity index (χ2n) is 5.70. The van der Waals surface area contributed by atoms with Gasteiger partial charge in [0.25, 0.3) is 0 Å². The Bertz CT molecular complexity index is 538. The minimum Gasteiger partial charge on any atom is -0.374 e. The summed E-state index contributed by atoms with van der Waals surface area (Å²) in [6, 6.07) is 4.88. The molecule has 1 atom stereocenters. The van der Waals surface area contributed by atoms with Gasteiger partial charge in [0.15, 0.2) is 0 Å². The average molecular weight is 289 g/mol. The van der Waals surface area contributed by atoms with Gasteiger partial charge in [-0.1, -0.05) is 25.8 Å². The lowest BCUT2D eigenvalue weighted by Gasteiger charge is -2.24. The quantitative estimate of drug-likeness (QED) is 0.885. The zero-order valence-corrected chi connectivity index (χ0v) is 13.1. The molecule has 0 bridgehead atoms. The van der Waals surface area contributed by atoms with Gasteiger partial charge in [-0.2, -0.15) is 5.10 Å². The fraction of sp³-hybridized carbons (Fsp3) is 0.562. The Morgan fingerprint density at radius 1 is 1.45 bits per heavy atom. The van der Waals surface area contributed by atoms with Gasteiger partial charge in [-0.15, -0.1) is 11.3 Å². The number of anilines is 1. The molecule has 0 spiro atoms. The Labute approximate surface area is 125 Å². The molecule has 0 aromatic carbocycles. The molecule has 0 amide bonds. The molecule has 3 nitrogen and oxygen atoms in total. The first-order chi connectivity index (χ1) is 9.78. The van der Waals surface area contributed by atoms with E-state index in [4.69, 9.17) is 0 Å². The number of hydrogen-bond acceptors (Lipinski definition) is 3. The van der Waals surface area contributed by atoms with Crippen LogP contribution in [0.25, 0.3) is 0 Å². The first-order valence-electron chi connectivity index (χ1n) is 7.60. The van der Waals surface area contributed by atoms with Crippen LogP contribution in [0.4, 0.5) is 5.69 Å². The van der Waals surface area contributed by atoms with Crippen LogP contribution >= 0.6 is 11.3 Å². The van der Waals surface area contributed by atoms with Crippen LogP contribution in [-0.4, -0.2) is 9.78 Å². The summed E-state index contributed by atoms with van der Waals surface area (Å²) < 4.78 is 1.92. The van der Waals surface area contributed by atoms with E-state index in [0.717, 1.165) is 12.3 Å². The Balaban J connectivity index is 1.85. The highest BCUT2D eigenvalue weighted by atomic mass is 32.1. The van der Waals surface area contributed by atoms with Crippen molar-refractivity contribution >= 4 is 17.0 Å². The van der Waals surface area contributed by atoms with Gasteiger partial charge in [0, 0.05) is 18.1 Å². The maximum atomic E-state index is 4.55. The fourth-order valence-corrected chi connectivity index (χ4v) is 4.13. The molecule has 1 saturated carbocycles. The predicted octanol–water partition coefficient (Wildman–Crippen LogP) is 4.39. The topological polar surface area (TPSA) is 29.9 Å². The van der Waals surface area contributed by atoms with Crippen molar-refractivity contribution in [1.29, 1.82) is 0 Å². The summed E-state index contributed by atoms with van der Waals surface area (Å²) in [6.07, 6.45) is 8.54. The lowest BCUT2D eigenvalue weighted by Crippen LogP contribution is -2.18. The largest absolute Gasteiger partial charge is 0.374 e. The summed E-state index contributed by atoms with van der Waals surface area (Å²) in [4.78, 5) is 1.46. The summed E-state index contributed by atoms with van der Waals surface area (Å²) in [6.45, 7) is 2.17. The standard InChI is InChI=1S/C16H23N3S/c1-3-13-14(11-19(2)18-13)17-16(12-7-4-5-8-12)15-9-6-10-20-15/h6,9-12,16-17H,3-5,7-8H2,1-2H3. The van der Waals surface area contributed by atoms with E-state index >= 15 is 0 Å². The molecule has 1 fully saturated rings. The van der Waals surface area contributed by atoms with Gasteiger partial charge in [0.05, 0.1) is 17.4 Å². The molecule has 1 N–H and O–H groups in total. The molecule has 1 aliphatic rings. The third kappa shape index (κ3) is 2.75. The smallest absolute Gasteiger partial charge is 0.0853 e. The van der Waals surface area contributed by atoms with E-state index in [1.807, 2.05) is 23.1 Å². The first-order valence-corrected chi connectivity index (χ1v) is 8.48. The number of nitrogens with one attached hydrogen (secondary N) is 1. The van der Waals surface area contributed by atoms with E-state index in [2.05, 4.69) is 41.0 Å². The third-order valence-electron chi connectivity index (χ3n) is 4.27. The summed E-state index contributed by atoms with van der Waals surface area (Å²) in [5.41, 5.74) is 2.38. The second-order valence-corrected chi connectivity index (χ2v) is 6.68. The van der Waals surface area contributed by atoms with Crippen LogP contribution in [0.1, 0.15) is 49.2 Å². The molecule has 2 aromatic rings. The van der Waals surface area contributed by atoms with Crippen molar-refractivity contribution in [3.05, 3.63) is 34.3 Å². The first kappa shape index (κ1) is 13.7. The van der Waals surface area contributed by atoms with Crippen LogP contribution in [0.2, 0.25) is 0 Å². The molecule has 2 aromatic heterocycles. The maximum Gasteiger partial charge on any atom is 0.0853 e. The van der Waals surface area contributed by atoms with Gasteiger partial charge in [-0.25, -0.2) is 0 Å². The molecule has 2 heterocycles. The molecule has 20 heavy (non-hydrogen) atoms. The summed E-state index contributed by atoms with van der Waals surface area (Å²) in [5, 5.41) is 10.5. The average Bonchev–Trinajstić information content (AvgIpc) is 3.18. The fourth-order valence-electron chi connectivity index (χ4n) is 3.26. The van der Waals surface area contributed by atoms with E-state index in [-0.39, 0.29) is 0 Å². The zero-order valence-electron chi connectivity index (χ0n) is 12.3. The van der Waals surface area contributed by atoms with E-state index in [1.54, 1.807) is 0 Å². The lowest BCUT2D eigenvalue weighted by atomic mass is 9.96. The summed E-state index contributed by atoms with van der Waals surface area (Å²) in [7, 11) is 2.00. The van der Waals surface area contributed by atoms with Gasteiger partial charge in [0.2, 0.25) is 0 Å². The highest BCUT2D eigenvalue weighted by Crippen LogP contribution is 2.39. The zero-order chi connectivity index (χ0) is 13.9. The van der Waals surface area contributed by atoms with E-state index < -0.39 is 0 Å². The number of nitrogens with zero attached hydrogens (tertiary/aromatic N) is 2. The van der Waals surface area contributed by atoms with Crippen LogP contribution in [0.5, 0.6) is 0 Å². The lowest BCUT2D eigenvalue weighted by molar-refractivity contribution is 0.475. The molecule has 1 unspecified atom stereocenters. The van der Waals surface area contributed by atoms with Crippen molar-refractivity contribution in [2.24, 2.45) is 13.0 Å². The Morgan fingerprint density at radius 2 is 2.25 bits per heavy atom. The van der Waals surface area contributed by atoms with Crippen LogP contribution in [0.3, 0.4) is 0 Å². The van der Waals surface area contributed by atoms with Crippen LogP contribution in [0.15, 0.2) is 23.7 Å². The molecule has 3 rings (SSSR count). The summed E-state index contributed by atoms with van der Waals surface area (Å²) >= 11 is 1.87. The third-order valence-corrected chi connectivity index (χ3v) is 5.23. The van der Waals surface area contributed by atoms with Crippen molar-refractivity contribution in [3.63, 3.8) is 0 Å². The van der Waals surface area contributed by atoms with E-state index in [9.17, 15) is 0 Å². The Kier molecular flexibility index (Phi) is 4.10. The molecule has 1 aliphatic carbocycles. The Morgan fingerprint density at radius 3 is 2.90 bits per heavy atom. The van der Waals surface area contributed by atoms with E-state index in [0.29, 0.717) is 6.04 Å².